The number of hydrogen-bond donors (Lipinski definition) is 3. The first-order chi connectivity index (χ1) is 8.09. The van der Waals surface area contributed by atoms with Crippen LogP contribution in [-0.4, -0.2) is 33.0 Å². The molecule has 94 valence electrons. The predicted molar refractivity (Wildman–Crippen MR) is 63.2 cm³/mol. The zero-order valence-corrected chi connectivity index (χ0v) is 9.67. The molecule has 0 spiro atoms. The molecule has 5 nitrogen and oxygen atoms in total. The van der Waals surface area contributed by atoms with Gasteiger partial charge in [0.25, 0.3) is 0 Å². The lowest BCUT2D eigenvalue weighted by Crippen LogP contribution is -2.43. The van der Waals surface area contributed by atoms with E-state index >= 15 is 0 Å². The molecule has 0 atom stereocenters. The number of aliphatic carboxylic acids is 1. The summed E-state index contributed by atoms with van der Waals surface area (Å²) in [7, 11) is 0. The summed E-state index contributed by atoms with van der Waals surface area (Å²) in [5.74, 6) is -1.03. The number of carboxylic acid groups (broad SMARTS) is 1. The molecular weight excluding hydrogens is 220 g/mol. The van der Waals surface area contributed by atoms with Crippen LogP contribution in [0.3, 0.4) is 0 Å². The molecule has 17 heavy (non-hydrogen) atoms. The standard InChI is InChI=1S/C12H18N2O3/c15-11(16)10-3-5-12(17,6-4-10)9-13-14-7-1-2-8-14/h1-2,7-8,10,13,17H,3-6,9H2,(H,15,16). The largest absolute Gasteiger partial charge is 0.481 e. The Bertz CT molecular complexity index is 367. The molecule has 0 aliphatic heterocycles. The first kappa shape index (κ1) is 12.0. The lowest BCUT2D eigenvalue weighted by atomic mass is 9.79. The highest BCUT2D eigenvalue weighted by molar-refractivity contribution is 5.70. The van der Waals surface area contributed by atoms with Crippen LogP contribution in [-0.2, 0) is 4.79 Å². The molecule has 0 amide bonds. The SMILES string of the molecule is O=C(O)C1CCC(O)(CNn2cccc2)CC1. The van der Waals surface area contributed by atoms with Crippen molar-refractivity contribution in [1.82, 2.24) is 4.68 Å². The van der Waals surface area contributed by atoms with E-state index < -0.39 is 11.6 Å². The van der Waals surface area contributed by atoms with Gasteiger partial charge in [-0.3, -0.25) is 9.47 Å². The van der Waals surface area contributed by atoms with E-state index in [0.717, 1.165) is 0 Å². The Morgan fingerprint density at radius 2 is 1.94 bits per heavy atom. The molecule has 0 radical (unpaired) electrons. The third-order valence-electron chi connectivity index (χ3n) is 3.46. The molecule has 1 aromatic heterocycles. The monoisotopic (exact) mass is 238 g/mol. The number of rotatable bonds is 4. The predicted octanol–water partition coefficient (Wildman–Crippen LogP) is 1.04. The molecule has 0 unspecified atom stereocenters. The first-order valence-electron chi connectivity index (χ1n) is 5.91. The Kier molecular flexibility index (Phi) is 3.38. The normalized spacial score (nSPS) is 28.9. The topological polar surface area (TPSA) is 74.5 Å². The van der Waals surface area contributed by atoms with Gasteiger partial charge in [0.2, 0.25) is 0 Å². The molecule has 0 saturated heterocycles. The van der Waals surface area contributed by atoms with E-state index in [1.54, 1.807) is 4.68 Å². The Morgan fingerprint density at radius 1 is 1.35 bits per heavy atom. The third kappa shape index (κ3) is 3.00. The van der Waals surface area contributed by atoms with E-state index in [1.165, 1.54) is 0 Å². The van der Waals surface area contributed by atoms with Gasteiger partial charge in [-0.25, -0.2) is 0 Å². The van der Waals surface area contributed by atoms with Crippen LogP contribution in [0.1, 0.15) is 25.7 Å². The molecule has 1 heterocycles. The zero-order chi connectivity index (χ0) is 12.3. The maximum Gasteiger partial charge on any atom is 0.306 e. The smallest absolute Gasteiger partial charge is 0.306 e. The molecule has 2 rings (SSSR count). The molecule has 1 saturated carbocycles. The highest BCUT2D eigenvalue weighted by atomic mass is 16.4. The van der Waals surface area contributed by atoms with Crippen molar-refractivity contribution in [2.45, 2.75) is 31.3 Å². The van der Waals surface area contributed by atoms with Gasteiger partial charge in [0.15, 0.2) is 0 Å². The number of aromatic nitrogens is 1. The number of hydrogen-bond acceptors (Lipinski definition) is 3. The van der Waals surface area contributed by atoms with Gasteiger partial charge in [-0.2, -0.15) is 0 Å². The lowest BCUT2D eigenvalue weighted by molar-refractivity contribution is -0.144. The fourth-order valence-electron chi connectivity index (χ4n) is 2.26. The lowest BCUT2D eigenvalue weighted by Gasteiger charge is -2.35. The zero-order valence-electron chi connectivity index (χ0n) is 9.67. The molecule has 5 heteroatoms. The van der Waals surface area contributed by atoms with Crippen LogP contribution in [0.5, 0.6) is 0 Å². The maximum atomic E-state index is 10.8. The van der Waals surface area contributed by atoms with Crippen molar-refractivity contribution in [2.75, 3.05) is 12.0 Å². The van der Waals surface area contributed by atoms with Crippen molar-refractivity contribution < 1.29 is 15.0 Å². The number of carbonyl (C=O) groups is 1. The summed E-state index contributed by atoms with van der Waals surface area (Å²) in [4.78, 5) is 10.8. The number of nitrogens with zero attached hydrogens (tertiary/aromatic N) is 1. The summed E-state index contributed by atoms with van der Waals surface area (Å²) in [6.07, 6.45) is 5.92. The summed E-state index contributed by atoms with van der Waals surface area (Å²) in [5, 5.41) is 19.2. The van der Waals surface area contributed by atoms with Crippen LogP contribution < -0.4 is 5.43 Å². The van der Waals surface area contributed by atoms with Crippen LogP contribution in [0.2, 0.25) is 0 Å². The number of aliphatic hydroxyl groups is 1. The minimum absolute atomic E-state index is 0.290. The molecule has 0 aromatic carbocycles. The second kappa shape index (κ2) is 4.79. The van der Waals surface area contributed by atoms with Crippen molar-refractivity contribution in [3.63, 3.8) is 0 Å². The highest BCUT2D eigenvalue weighted by Gasteiger charge is 2.35. The Morgan fingerprint density at radius 3 is 2.47 bits per heavy atom. The van der Waals surface area contributed by atoms with Crippen molar-refractivity contribution in [2.24, 2.45) is 5.92 Å². The summed E-state index contributed by atoms with van der Waals surface area (Å²) >= 11 is 0. The fraction of sp³-hybridized carbons (Fsp3) is 0.583. The van der Waals surface area contributed by atoms with E-state index in [2.05, 4.69) is 5.43 Å². The average molecular weight is 238 g/mol. The van der Waals surface area contributed by atoms with Crippen LogP contribution in [0.4, 0.5) is 0 Å². The van der Waals surface area contributed by atoms with E-state index in [0.29, 0.717) is 32.2 Å². The third-order valence-corrected chi connectivity index (χ3v) is 3.46. The molecule has 1 aliphatic carbocycles. The second-order valence-electron chi connectivity index (χ2n) is 4.76. The molecule has 1 aromatic rings. The molecule has 1 fully saturated rings. The van der Waals surface area contributed by atoms with Crippen molar-refractivity contribution in [3.8, 4) is 0 Å². The van der Waals surface area contributed by atoms with Crippen LogP contribution in [0, 0.1) is 5.92 Å². The molecule has 3 N–H and O–H groups in total. The molecular formula is C12H18N2O3. The first-order valence-corrected chi connectivity index (χ1v) is 5.91. The van der Waals surface area contributed by atoms with Gasteiger partial charge in [-0.15, -0.1) is 0 Å². The number of carboxylic acids is 1. The van der Waals surface area contributed by atoms with Gasteiger partial charge in [0.1, 0.15) is 0 Å². The van der Waals surface area contributed by atoms with E-state index in [1.807, 2.05) is 24.5 Å². The highest BCUT2D eigenvalue weighted by Crippen LogP contribution is 2.31. The average Bonchev–Trinajstić information content (AvgIpc) is 2.80. The summed E-state index contributed by atoms with van der Waals surface area (Å²) in [6, 6.07) is 3.80. The Hall–Kier alpha value is -1.49. The Labute approximate surface area is 100 Å². The van der Waals surface area contributed by atoms with Gasteiger partial charge in [-0.1, -0.05) is 0 Å². The van der Waals surface area contributed by atoms with Crippen molar-refractivity contribution >= 4 is 5.97 Å². The minimum atomic E-state index is -0.782. The summed E-state index contributed by atoms with van der Waals surface area (Å²) in [6.45, 7) is 0.452. The Balaban J connectivity index is 1.83. The van der Waals surface area contributed by atoms with Gasteiger partial charge in [0.05, 0.1) is 18.1 Å². The summed E-state index contributed by atoms with van der Waals surface area (Å²) in [5.41, 5.74) is 2.32. The number of nitrogens with one attached hydrogen (secondary N) is 1. The second-order valence-corrected chi connectivity index (χ2v) is 4.76. The van der Waals surface area contributed by atoms with E-state index in [-0.39, 0.29) is 5.92 Å². The molecule has 1 aliphatic rings. The minimum Gasteiger partial charge on any atom is -0.481 e. The van der Waals surface area contributed by atoms with Crippen LogP contribution in [0.15, 0.2) is 24.5 Å². The van der Waals surface area contributed by atoms with Gasteiger partial charge < -0.3 is 15.6 Å². The molecule has 0 bridgehead atoms. The maximum absolute atomic E-state index is 10.8. The van der Waals surface area contributed by atoms with Gasteiger partial charge >= 0.3 is 5.97 Å². The van der Waals surface area contributed by atoms with E-state index in [4.69, 9.17) is 5.11 Å². The fourth-order valence-corrected chi connectivity index (χ4v) is 2.26. The summed E-state index contributed by atoms with van der Waals surface area (Å²) < 4.78 is 1.79. The van der Waals surface area contributed by atoms with Crippen LogP contribution in [0.25, 0.3) is 0 Å². The van der Waals surface area contributed by atoms with Crippen LogP contribution >= 0.6 is 0 Å². The quantitative estimate of drug-likeness (QED) is 0.732. The van der Waals surface area contributed by atoms with Crippen molar-refractivity contribution in [1.29, 1.82) is 0 Å². The van der Waals surface area contributed by atoms with E-state index in [9.17, 15) is 9.90 Å². The van der Waals surface area contributed by atoms with Crippen molar-refractivity contribution in [3.05, 3.63) is 24.5 Å². The van der Waals surface area contributed by atoms with Gasteiger partial charge in [0, 0.05) is 12.4 Å². The van der Waals surface area contributed by atoms with Gasteiger partial charge in [-0.05, 0) is 37.8 Å².